The van der Waals surface area contributed by atoms with Gasteiger partial charge in [-0.25, -0.2) is 4.39 Å². The quantitative estimate of drug-likeness (QED) is 0.676. The molecule has 0 bridgehead atoms. The zero-order valence-corrected chi connectivity index (χ0v) is 14.9. The second-order valence-electron chi connectivity index (χ2n) is 6.65. The maximum Gasteiger partial charge on any atom is 0.161 e. The fourth-order valence-corrected chi connectivity index (χ4v) is 3.64. The van der Waals surface area contributed by atoms with Gasteiger partial charge in [-0.1, -0.05) is 12.1 Å². The molecule has 1 aliphatic rings. The second-order valence-corrected chi connectivity index (χ2v) is 6.65. The van der Waals surface area contributed by atoms with Crippen molar-refractivity contribution < 1.29 is 13.9 Å². The van der Waals surface area contributed by atoms with Crippen LogP contribution in [-0.4, -0.2) is 36.7 Å². The lowest BCUT2D eigenvalue weighted by Crippen LogP contribution is -2.31. The first-order chi connectivity index (χ1) is 12.7. The predicted molar refractivity (Wildman–Crippen MR) is 100 cm³/mol. The standard InChI is InChI=1S/C21H23FN2O2/c1-25-20-5-2-3-6-21(20)26-12-4-10-24-11-9-19-17(14-24)16-13-15(22)7-8-18(16)23-19/h2-3,5-8,13,23H,4,9-12,14H2,1H3. The first-order valence-electron chi connectivity index (χ1n) is 9.02. The van der Waals surface area contributed by atoms with Crippen LogP contribution < -0.4 is 9.47 Å². The van der Waals surface area contributed by atoms with E-state index < -0.39 is 0 Å². The Morgan fingerprint density at radius 3 is 2.85 bits per heavy atom. The molecule has 0 amide bonds. The Morgan fingerprint density at radius 1 is 1.15 bits per heavy atom. The lowest BCUT2D eigenvalue weighted by molar-refractivity contribution is 0.218. The number of methoxy groups -OCH3 is 1. The second kappa shape index (κ2) is 7.38. The molecular weight excluding hydrogens is 331 g/mol. The van der Waals surface area contributed by atoms with E-state index in [0.29, 0.717) is 6.61 Å². The Labute approximate surface area is 152 Å². The first-order valence-corrected chi connectivity index (χ1v) is 9.02. The van der Waals surface area contributed by atoms with E-state index in [1.165, 1.54) is 17.3 Å². The van der Waals surface area contributed by atoms with E-state index in [4.69, 9.17) is 9.47 Å². The van der Waals surface area contributed by atoms with E-state index in [1.54, 1.807) is 13.2 Å². The Kier molecular flexibility index (Phi) is 4.80. The van der Waals surface area contributed by atoms with Gasteiger partial charge in [-0.15, -0.1) is 0 Å². The number of nitrogens with one attached hydrogen (secondary N) is 1. The highest BCUT2D eigenvalue weighted by Crippen LogP contribution is 2.29. The van der Waals surface area contributed by atoms with Crippen LogP contribution in [-0.2, 0) is 13.0 Å². The maximum atomic E-state index is 13.6. The number of H-pyrrole nitrogens is 1. The van der Waals surface area contributed by atoms with Crippen molar-refractivity contribution in [1.82, 2.24) is 9.88 Å². The molecule has 2 aromatic carbocycles. The third kappa shape index (κ3) is 3.40. The van der Waals surface area contributed by atoms with Gasteiger partial charge in [0.15, 0.2) is 11.5 Å². The molecule has 0 fully saturated rings. The molecular formula is C21H23FN2O2. The minimum atomic E-state index is -0.179. The summed E-state index contributed by atoms with van der Waals surface area (Å²) in [4.78, 5) is 5.84. The third-order valence-corrected chi connectivity index (χ3v) is 4.96. The van der Waals surface area contributed by atoms with Crippen molar-refractivity contribution in [3.63, 3.8) is 0 Å². The normalized spacial score (nSPS) is 14.4. The van der Waals surface area contributed by atoms with E-state index in [9.17, 15) is 4.39 Å². The van der Waals surface area contributed by atoms with Gasteiger partial charge in [-0.2, -0.15) is 0 Å². The minimum Gasteiger partial charge on any atom is -0.493 e. The van der Waals surface area contributed by atoms with Gasteiger partial charge < -0.3 is 14.5 Å². The van der Waals surface area contributed by atoms with Gasteiger partial charge in [0.2, 0.25) is 0 Å². The Bertz CT molecular complexity index is 906. The van der Waals surface area contributed by atoms with Crippen LogP contribution in [0.4, 0.5) is 4.39 Å². The van der Waals surface area contributed by atoms with Gasteiger partial charge >= 0.3 is 0 Å². The molecule has 136 valence electrons. The molecule has 0 spiro atoms. The molecule has 4 rings (SSSR count). The van der Waals surface area contributed by atoms with Crippen molar-refractivity contribution >= 4 is 10.9 Å². The summed E-state index contributed by atoms with van der Waals surface area (Å²) < 4.78 is 24.8. The molecule has 3 aromatic rings. The molecule has 0 saturated carbocycles. The molecule has 4 nitrogen and oxygen atoms in total. The molecule has 1 aromatic heterocycles. The van der Waals surface area contributed by atoms with Crippen LogP contribution in [0.25, 0.3) is 10.9 Å². The van der Waals surface area contributed by atoms with E-state index in [2.05, 4.69) is 9.88 Å². The predicted octanol–water partition coefficient (Wildman–Crippen LogP) is 4.14. The van der Waals surface area contributed by atoms with Gasteiger partial charge in [-0.3, -0.25) is 4.90 Å². The number of fused-ring (bicyclic) bond motifs is 3. The SMILES string of the molecule is COc1ccccc1OCCCN1CCc2[nH]c3ccc(F)cc3c2C1. The van der Waals surface area contributed by atoms with Crippen molar-refractivity contribution in [3.8, 4) is 11.5 Å². The monoisotopic (exact) mass is 354 g/mol. The molecule has 1 N–H and O–H groups in total. The third-order valence-electron chi connectivity index (χ3n) is 4.96. The number of ether oxygens (including phenoxy) is 2. The topological polar surface area (TPSA) is 37.5 Å². The highest BCUT2D eigenvalue weighted by atomic mass is 19.1. The van der Waals surface area contributed by atoms with Crippen LogP contribution in [0.3, 0.4) is 0 Å². The van der Waals surface area contributed by atoms with E-state index in [-0.39, 0.29) is 5.82 Å². The summed E-state index contributed by atoms with van der Waals surface area (Å²) in [5.74, 6) is 1.36. The number of nitrogens with zero attached hydrogens (tertiary/aromatic N) is 1. The largest absolute Gasteiger partial charge is 0.493 e. The number of para-hydroxylation sites is 2. The zero-order valence-electron chi connectivity index (χ0n) is 14.9. The van der Waals surface area contributed by atoms with E-state index >= 15 is 0 Å². The molecule has 0 aliphatic carbocycles. The summed E-state index contributed by atoms with van der Waals surface area (Å²) in [6.07, 6.45) is 1.91. The molecule has 0 atom stereocenters. The molecule has 2 heterocycles. The lowest BCUT2D eigenvalue weighted by atomic mass is 10.0. The summed E-state index contributed by atoms with van der Waals surface area (Å²) >= 11 is 0. The van der Waals surface area contributed by atoms with Crippen molar-refractivity contribution in [2.75, 3.05) is 26.8 Å². The summed E-state index contributed by atoms with van der Waals surface area (Å²) in [5, 5.41) is 1.01. The maximum absolute atomic E-state index is 13.6. The summed E-state index contributed by atoms with van der Waals surface area (Å²) in [5.41, 5.74) is 3.50. The molecule has 0 radical (unpaired) electrons. The van der Waals surface area contributed by atoms with E-state index in [1.807, 2.05) is 30.3 Å². The Balaban J connectivity index is 1.35. The molecule has 0 unspecified atom stereocenters. The lowest BCUT2D eigenvalue weighted by Gasteiger charge is -2.27. The van der Waals surface area contributed by atoms with Crippen molar-refractivity contribution in [3.05, 3.63) is 59.5 Å². The van der Waals surface area contributed by atoms with Gasteiger partial charge in [-0.05, 0) is 42.3 Å². The Morgan fingerprint density at radius 2 is 2.00 bits per heavy atom. The number of aromatic nitrogens is 1. The number of hydrogen-bond acceptors (Lipinski definition) is 3. The minimum absolute atomic E-state index is 0.179. The fourth-order valence-electron chi connectivity index (χ4n) is 3.64. The van der Waals surface area contributed by atoms with Crippen LogP contribution >= 0.6 is 0 Å². The van der Waals surface area contributed by atoms with Crippen LogP contribution in [0.2, 0.25) is 0 Å². The van der Waals surface area contributed by atoms with Crippen LogP contribution in [0.5, 0.6) is 11.5 Å². The molecule has 1 aliphatic heterocycles. The van der Waals surface area contributed by atoms with Crippen molar-refractivity contribution in [1.29, 1.82) is 0 Å². The number of hydrogen-bond donors (Lipinski definition) is 1. The van der Waals surface area contributed by atoms with Gasteiger partial charge in [0, 0.05) is 42.7 Å². The molecule has 26 heavy (non-hydrogen) atoms. The number of aromatic amines is 1. The number of benzene rings is 2. The first kappa shape index (κ1) is 16.9. The summed E-state index contributed by atoms with van der Waals surface area (Å²) in [7, 11) is 1.65. The fraction of sp³-hybridized carbons (Fsp3) is 0.333. The zero-order chi connectivity index (χ0) is 17.9. The van der Waals surface area contributed by atoms with Crippen LogP contribution in [0.1, 0.15) is 17.7 Å². The van der Waals surface area contributed by atoms with Crippen LogP contribution in [0.15, 0.2) is 42.5 Å². The Hall–Kier alpha value is -2.53. The molecule has 5 heteroatoms. The van der Waals surface area contributed by atoms with E-state index in [0.717, 1.165) is 54.9 Å². The van der Waals surface area contributed by atoms with Gasteiger partial charge in [0.25, 0.3) is 0 Å². The summed E-state index contributed by atoms with van der Waals surface area (Å²) in [6.45, 7) is 3.47. The average Bonchev–Trinajstić information content (AvgIpc) is 3.03. The number of rotatable bonds is 6. The van der Waals surface area contributed by atoms with Gasteiger partial charge in [0.1, 0.15) is 5.82 Å². The summed E-state index contributed by atoms with van der Waals surface area (Å²) in [6, 6.07) is 12.7. The van der Waals surface area contributed by atoms with Crippen molar-refractivity contribution in [2.45, 2.75) is 19.4 Å². The van der Waals surface area contributed by atoms with Crippen molar-refractivity contribution in [2.24, 2.45) is 0 Å². The highest BCUT2D eigenvalue weighted by molar-refractivity contribution is 5.84. The smallest absolute Gasteiger partial charge is 0.161 e. The average molecular weight is 354 g/mol. The molecule has 0 saturated heterocycles. The van der Waals surface area contributed by atoms with Gasteiger partial charge in [0.05, 0.1) is 13.7 Å². The van der Waals surface area contributed by atoms with Crippen LogP contribution in [0, 0.1) is 5.82 Å². The highest BCUT2D eigenvalue weighted by Gasteiger charge is 2.20. The number of halogens is 1.